The van der Waals surface area contributed by atoms with Gasteiger partial charge in [0.2, 0.25) is 17.6 Å². The van der Waals surface area contributed by atoms with E-state index in [0.29, 0.717) is 30.5 Å². The molecule has 0 bridgehead atoms. The van der Waals surface area contributed by atoms with Crippen molar-refractivity contribution in [2.45, 2.75) is 121 Å². The summed E-state index contributed by atoms with van der Waals surface area (Å²) in [6, 6.07) is 11.5. The van der Waals surface area contributed by atoms with Gasteiger partial charge in [-0.15, -0.1) is 5.10 Å². The van der Waals surface area contributed by atoms with E-state index < -0.39 is 65.3 Å². The number of nitrogens with two attached hydrogens (primary N) is 1. The van der Waals surface area contributed by atoms with E-state index >= 15 is 0 Å². The van der Waals surface area contributed by atoms with Crippen molar-refractivity contribution in [3.05, 3.63) is 83.2 Å². The van der Waals surface area contributed by atoms with E-state index in [4.69, 9.17) is 10.5 Å². The van der Waals surface area contributed by atoms with Gasteiger partial charge in [-0.25, -0.2) is 9.48 Å². The van der Waals surface area contributed by atoms with E-state index in [1.54, 1.807) is 38.1 Å². The molecule has 1 aliphatic carbocycles. The fraction of sp³-hybridized carbons (Fsp3) is 0.524. The molecule has 59 heavy (non-hydrogen) atoms. The van der Waals surface area contributed by atoms with Crippen LogP contribution in [0.4, 0.5) is 4.79 Å². The van der Waals surface area contributed by atoms with Crippen LogP contribution in [-0.4, -0.2) is 96.8 Å². The van der Waals surface area contributed by atoms with E-state index in [1.807, 2.05) is 30.3 Å². The molecule has 2 aromatic carbocycles. The van der Waals surface area contributed by atoms with E-state index in [0.717, 1.165) is 37.7 Å². The van der Waals surface area contributed by atoms with Crippen molar-refractivity contribution >= 4 is 35.5 Å². The molecule has 5 amide bonds. The number of Topliss-reactive ketones (excluding diaryl/α,β-unsaturated/α-hetero) is 1. The number of nitrogens with one attached hydrogen (secondary N) is 3. The fourth-order valence-electron chi connectivity index (χ4n) is 7.87. The van der Waals surface area contributed by atoms with Gasteiger partial charge in [0.05, 0.1) is 30.6 Å². The monoisotopic (exact) mass is 816 g/mol. The molecular weight excluding hydrogens is 761 g/mol. The predicted molar refractivity (Wildman–Crippen MR) is 214 cm³/mol. The number of hydrogen-bond acceptors (Lipinski definition) is 11. The minimum Gasteiger partial charge on any atom is -0.445 e. The number of benzene rings is 2. The summed E-state index contributed by atoms with van der Waals surface area (Å²) < 4.78 is 6.70. The Morgan fingerprint density at radius 3 is 2.36 bits per heavy atom. The molecule has 2 heterocycles. The second kappa shape index (κ2) is 20.8. The highest BCUT2D eigenvalue weighted by Gasteiger charge is 2.45. The van der Waals surface area contributed by atoms with E-state index in [1.165, 1.54) is 15.8 Å². The number of aliphatic hydroxyl groups is 2. The number of carbonyl (C=O) groups excluding carboxylic acids is 6. The first kappa shape index (κ1) is 44.4. The zero-order valence-electron chi connectivity index (χ0n) is 33.7. The van der Waals surface area contributed by atoms with Crippen LogP contribution in [0.15, 0.2) is 60.8 Å². The highest BCUT2D eigenvalue weighted by atomic mass is 16.5. The van der Waals surface area contributed by atoms with Gasteiger partial charge in [-0.05, 0) is 62.6 Å². The fourth-order valence-corrected chi connectivity index (χ4v) is 7.87. The zero-order valence-corrected chi connectivity index (χ0v) is 33.7. The number of rotatable bonds is 19. The van der Waals surface area contributed by atoms with Crippen LogP contribution in [0.5, 0.6) is 0 Å². The van der Waals surface area contributed by atoms with Crippen molar-refractivity contribution in [3.63, 3.8) is 0 Å². The molecular formula is C42H56N8O9. The third-order valence-corrected chi connectivity index (χ3v) is 11.0. The quantitative estimate of drug-likeness (QED) is 0.0758. The van der Waals surface area contributed by atoms with Crippen LogP contribution in [0, 0.1) is 5.92 Å². The van der Waals surface area contributed by atoms with Crippen molar-refractivity contribution in [2.24, 2.45) is 11.7 Å². The maximum absolute atomic E-state index is 14.8. The van der Waals surface area contributed by atoms with Crippen molar-refractivity contribution in [1.29, 1.82) is 0 Å². The Kier molecular flexibility index (Phi) is 15.7. The highest BCUT2D eigenvalue weighted by molar-refractivity contribution is 6.37. The number of likely N-dealkylation sites (tertiary alicyclic amines) is 1. The molecule has 1 aromatic heterocycles. The topological polar surface area (TPSA) is 248 Å². The molecule has 5 rings (SSSR count). The lowest BCUT2D eigenvalue weighted by molar-refractivity contribution is -0.142. The molecule has 17 nitrogen and oxygen atoms in total. The van der Waals surface area contributed by atoms with Gasteiger partial charge in [0.15, 0.2) is 0 Å². The molecule has 7 N–H and O–H groups in total. The minimum atomic E-state index is -1.37. The lowest BCUT2D eigenvalue weighted by Crippen LogP contribution is -2.56. The van der Waals surface area contributed by atoms with E-state index in [9.17, 15) is 39.0 Å². The maximum atomic E-state index is 14.8. The molecule has 3 aromatic rings. The molecule has 1 unspecified atom stereocenters. The largest absolute Gasteiger partial charge is 0.445 e. The average molecular weight is 817 g/mol. The Morgan fingerprint density at radius 1 is 0.949 bits per heavy atom. The van der Waals surface area contributed by atoms with Crippen LogP contribution in [0.2, 0.25) is 0 Å². The van der Waals surface area contributed by atoms with Crippen LogP contribution >= 0.6 is 0 Å². The Morgan fingerprint density at radius 2 is 1.66 bits per heavy atom. The van der Waals surface area contributed by atoms with Gasteiger partial charge in [-0.1, -0.05) is 85.8 Å². The summed E-state index contributed by atoms with van der Waals surface area (Å²) in [5.41, 5.74) is 5.82. The summed E-state index contributed by atoms with van der Waals surface area (Å²) in [5.74, 6) is -3.93. The number of unbranched alkanes of at least 4 members (excludes halogenated alkanes) is 1. The second-order valence-electron chi connectivity index (χ2n) is 15.9. The molecule has 2 aliphatic rings. The first-order valence-electron chi connectivity index (χ1n) is 20.3. The van der Waals surface area contributed by atoms with Gasteiger partial charge < -0.3 is 41.5 Å². The maximum Gasteiger partial charge on any atom is 0.407 e. The van der Waals surface area contributed by atoms with Crippen LogP contribution in [0.25, 0.3) is 0 Å². The van der Waals surface area contributed by atoms with Gasteiger partial charge in [-0.2, -0.15) is 0 Å². The Bertz CT molecular complexity index is 1930. The molecule has 1 saturated carbocycles. The van der Waals surface area contributed by atoms with Gasteiger partial charge in [0.1, 0.15) is 24.3 Å². The smallest absolute Gasteiger partial charge is 0.407 e. The summed E-state index contributed by atoms with van der Waals surface area (Å²) >= 11 is 0. The van der Waals surface area contributed by atoms with Crippen LogP contribution < -0.4 is 21.7 Å². The number of alkyl carbamates (subject to hydrolysis) is 1. The van der Waals surface area contributed by atoms with E-state index in [2.05, 4.69) is 26.3 Å². The summed E-state index contributed by atoms with van der Waals surface area (Å²) in [6.45, 7) is 2.99. The van der Waals surface area contributed by atoms with Crippen molar-refractivity contribution in [3.8, 4) is 0 Å². The number of primary amides is 1. The van der Waals surface area contributed by atoms with E-state index in [-0.39, 0.29) is 50.6 Å². The number of amides is 5. The third-order valence-electron chi connectivity index (χ3n) is 11.0. The van der Waals surface area contributed by atoms with Gasteiger partial charge in [-0.3, -0.25) is 24.0 Å². The molecule has 1 saturated heterocycles. The second-order valence-corrected chi connectivity index (χ2v) is 15.9. The van der Waals surface area contributed by atoms with Crippen molar-refractivity contribution in [2.75, 3.05) is 13.1 Å². The Balaban J connectivity index is 1.34. The number of aliphatic hydroxyl groups excluding tert-OH is 1. The molecule has 0 radical (unpaired) electrons. The molecule has 318 valence electrons. The summed E-state index contributed by atoms with van der Waals surface area (Å²) in [7, 11) is 0. The zero-order chi connectivity index (χ0) is 42.5. The summed E-state index contributed by atoms with van der Waals surface area (Å²) in [6.07, 6.45) is 6.58. The Hall–Kier alpha value is -5.68. The number of ketones is 1. The lowest BCUT2D eigenvalue weighted by Gasteiger charge is -2.32. The minimum absolute atomic E-state index is 0.00789. The lowest BCUT2D eigenvalue weighted by atomic mass is 9.84. The van der Waals surface area contributed by atoms with Gasteiger partial charge >= 0.3 is 6.09 Å². The molecule has 0 spiro atoms. The third kappa shape index (κ3) is 12.2. The van der Waals surface area contributed by atoms with Crippen molar-refractivity contribution in [1.82, 2.24) is 35.8 Å². The molecule has 2 fully saturated rings. The normalized spacial score (nSPS) is 18.1. The number of ether oxygens (including phenoxy) is 1. The van der Waals surface area contributed by atoms with Crippen LogP contribution in [0.1, 0.15) is 111 Å². The number of carbonyl (C=O) groups is 6. The molecule has 1 aliphatic heterocycles. The standard InChI is InChI=1S/C42H56N8O9/c1-42(2,58)35-23-45-48-50(35)30-22-34(39(55)46-32(36(52)37(43)53)19-11-12-20-44-41(57)59-26-28-15-7-4-8-16-28)49(24-30)40(56)33(21-27-13-5-3-6-14-27)47-38(54)31-18-10-9-17-29(31)25-51/h4,7-10,15-18,23,27,30,32-34,51,58H,3,5-6,11-14,19-22,24-26H2,1-2H3,(H2,43,53)(H,44,57)(H,46,55)(H,47,54)/t30-,32?,33+,34-/m0/s1. The molecule has 17 heteroatoms. The van der Waals surface area contributed by atoms with Crippen LogP contribution in [-0.2, 0) is 42.7 Å². The Labute approximate surface area is 343 Å². The number of nitrogens with zero attached hydrogens (tertiary/aromatic N) is 4. The van der Waals surface area contributed by atoms with Gasteiger partial charge in [0.25, 0.3) is 11.8 Å². The van der Waals surface area contributed by atoms with Crippen LogP contribution in [0.3, 0.4) is 0 Å². The summed E-state index contributed by atoms with van der Waals surface area (Å²) in [5, 5.41) is 37.3. The number of aromatic nitrogens is 3. The first-order valence-corrected chi connectivity index (χ1v) is 20.3. The molecule has 4 atom stereocenters. The first-order chi connectivity index (χ1) is 28.3. The predicted octanol–water partition coefficient (Wildman–Crippen LogP) is 2.54. The van der Waals surface area contributed by atoms with Crippen molar-refractivity contribution < 1.29 is 43.7 Å². The summed E-state index contributed by atoms with van der Waals surface area (Å²) in [4.78, 5) is 81.6. The number of hydrogen-bond donors (Lipinski definition) is 6. The SMILES string of the molecule is CC(C)(O)c1cnnn1[C@H]1C[C@@H](C(=O)NC(CCCCNC(=O)OCc2ccccc2)C(=O)C(N)=O)N(C(=O)[C@@H](CC2CCCCC2)NC(=O)c2ccccc2CO)C1. The van der Waals surface area contributed by atoms with Gasteiger partial charge in [0, 0.05) is 25.1 Å². The average Bonchev–Trinajstić information content (AvgIpc) is 3.91. The highest BCUT2D eigenvalue weighted by Crippen LogP contribution is 2.33.